The summed E-state index contributed by atoms with van der Waals surface area (Å²) in [6.45, 7) is 8.01. The number of hydrogen-bond acceptors (Lipinski definition) is 4. The van der Waals surface area contributed by atoms with Crippen LogP contribution in [0.15, 0.2) is 0 Å². The van der Waals surface area contributed by atoms with Crippen molar-refractivity contribution in [3.63, 3.8) is 0 Å². The summed E-state index contributed by atoms with van der Waals surface area (Å²) in [6, 6.07) is -0.0771. The molecule has 2 fully saturated rings. The van der Waals surface area contributed by atoms with Crippen molar-refractivity contribution >= 4 is 11.8 Å². The highest BCUT2D eigenvalue weighted by molar-refractivity contribution is 5.82. The van der Waals surface area contributed by atoms with Gasteiger partial charge in [0.05, 0.1) is 12.1 Å². The Morgan fingerprint density at radius 1 is 1.00 bits per heavy atom. The summed E-state index contributed by atoms with van der Waals surface area (Å²) in [4.78, 5) is 29.8. The zero-order chi connectivity index (χ0) is 15.4. The summed E-state index contributed by atoms with van der Waals surface area (Å²) >= 11 is 0. The molecule has 0 spiro atoms. The fraction of sp³-hybridized carbons (Fsp3) is 0.867. The Bertz CT molecular complexity index is 372. The van der Waals surface area contributed by atoms with Crippen LogP contribution in [0.2, 0.25) is 0 Å². The molecule has 1 unspecified atom stereocenters. The van der Waals surface area contributed by atoms with E-state index in [0.717, 1.165) is 25.9 Å². The second-order valence-corrected chi connectivity index (χ2v) is 5.98. The van der Waals surface area contributed by atoms with Crippen molar-refractivity contribution in [1.82, 2.24) is 14.7 Å². The molecule has 2 aliphatic rings. The summed E-state index contributed by atoms with van der Waals surface area (Å²) in [5.41, 5.74) is 0. The Morgan fingerprint density at radius 3 is 2.00 bits per heavy atom. The molecule has 0 aromatic rings. The lowest BCUT2D eigenvalue weighted by atomic mass is 10.1. The first kappa shape index (κ1) is 16.2. The van der Waals surface area contributed by atoms with Gasteiger partial charge in [-0.05, 0) is 19.8 Å². The maximum Gasteiger partial charge on any atom is 0.239 e. The Kier molecular flexibility index (Phi) is 5.58. The molecule has 2 amide bonds. The van der Waals surface area contributed by atoms with Crippen LogP contribution in [-0.2, 0) is 14.3 Å². The molecule has 2 heterocycles. The Morgan fingerprint density at radius 2 is 1.52 bits per heavy atom. The van der Waals surface area contributed by atoms with Crippen LogP contribution in [-0.4, -0.2) is 85.0 Å². The molecule has 120 valence electrons. The van der Waals surface area contributed by atoms with Gasteiger partial charge in [0.1, 0.15) is 0 Å². The van der Waals surface area contributed by atoms with Gasteiger partial charge in [-0.25, -0.2) is 0 Å². The summed E-state index contributed by atoms with van der Waals surface area (Å²) in [7, 11) is 1.75. The zero-order valence-electron chi connectivity index (χ0n) is 13.4. The van der Waals surface area contributed by atoms with E-state index in [2.05, 4.69) is 4.90 Å². The largest absolute Gasteiger partial charge is 0.381 e. The molecule has 2 rings (SSSR count). The van der Waals surface area contributed by atoms with E-state index in [0.29, 0.717) is 32.3 Å². The molecule has 0 aromatic heterocycles. The number of ether oxygens (including phenoxy) is 1. The summed E-state index contributed by atoms with van der Waals surface area (Å²) in [5, 5.41) is 0. The van der Waals surface area contributed by atoms with Crippen LogP contribution in [0.4, 0.5) is 0 Å². The number of piperidine rings is 1. The van der Waals surface area contributed by atoms with Crippen LogP contribution in [0.5, 0.6) is 0 Å². The second-order valence-electron chi connectivity index (χ2n) is 5.98. The number of methoxy groups -OCH3 is 1. The van der Waals surface area contributed by atoms with Gasteiger partial charge in [-0.15, -0.1) is 0 Å². The number of piperazine rings is 1. The quantitative estimate of drug-likeness (QED) is 0.745. The summed E-state index contributed by atoms with van der Waals surface area (Å²) in [6.07, 6.45) is 2.32. The first-order valence-corrected chi connectivity index (χ1v) is 7.84. The molecule has 0 radical (unpaired) electrons. The van der Waals surface area contributed by atoms with E-state index in [9.17, 15) is 9.59 Å². The number of hydrogen-bond donors (Lipinski definition) is 0. The Balaban J connectivity index is 1.82. The van der Waals surface area contributed by atoms with Gasteiger partial charge in [0.2, 0.25) is 11.8 Å². The number of carbonyl (C=O) groups is 2. The van der Waals surface area contributed by atoms with Gasteiger partial charge in [0.25, 0.3) is 0 Å². The minimum atomic E-state index is -0.0771. The van der Waals surface area contributed by atoms with Crippen molar-refractivity contribution in [3.05, 3.63) is 0 Å². The molecule has 2 saturated heterocycles. The molecule has 1 atom stereocenters. The van der Waals surface area contributed by atoms with Gasteiger partial charge in [0.15, 0.2) is 0 Å². The normalized spacial score (nSPS) is 23.2. The van der Waals surface area contributed by atoms with Gasteiger partial charge >= 0.3 is 0 Å². The van der Waals surface area contributed by atoms with E-state index >= 15 is 0 Å². The van der Waals surface area contributed by atoms with Crippen molar-refractivity contribution in [2.45, 2.75) is 38.8 Å². The number of nitrogens with zero attached hydrogens (tertiary/aromatic N) is 3. The van der Waals surface area contributed by atoms with Crippen molar-refractivity contribution in [2.75, 3.05) is 46.4 Å². The van der Waals surface area contributed by atoms with Crippen molar-refractivity contribution in [3.8, 4) is 0 Å². The smallest absolute Gasteiger partial charge is 0.239 e. The molecule has 21 heavy (non-hydrogen) atoms. The predicted octanol–water partition coefficient (Wildman–Crippen LogP) is 0.176. The van der Waals surface area contributed by atoms with Crippen LogP contribution in [0, 0.1) is 0 Å². The zero-order valence-corrected chi connectivity index (χ0v) is 13.4. The molecule has 6 nitrogen and oxygen atoms in total. The van der Waals surface area contributed by atoms with E-state index in [1.54, 1.807) is 18.9 Å². The third-order valence-corrected chi connectivity index (χ3v) is 4.75. The fourth-order valence-electron chi connectivity index (χ4n) is 3.16. The van der Waals surface area contributed by atoms with Gasteiger partial charge in [-0.3, -0.25) is 14.5 Å². The first-order valence-electron chi connectivity index (χ1n) is 7.84. The maximum absolute atomic E-state index is 12.6. The monoisotopic (exact) mass is 297 g/mol. The van der Waals surface area contributed by atoms with Gasteiger partial charge in [0, 0.05) is 53.3 Å². The minimum absolute atomic E-state index is 0.0771. The molecular weight excluding hydrogens is 270 g/mol. The Hall–Kier alpha value is -1.14. The number of amides is 2. The first-order chi connectivity index (χ1) is 10.0. The van der Waals surface area contributed by atoms with Crippen molar-refractivity contribution in [2.24, 2.45) is 0 Å². The van der Waals surface area contributed by atoms with Gasteiger partial charge in [-0.1, -0.05) is 0 Å². The van der Waals surface area contributed by atoms with E-state index in [1.807, 2.05) is 11.8 Å². The van der Waals surface area contributed by atoms with E-state index in [-0.39, 0.29) is 17.9 Å². The summed E-state index contributed by atoms with van der Waals surface area (Å²) < 4.78 is 5.37. The molecule has 2 aliphatic heterocycles. The molecule has 0 bridgehead atoms. The van der Waals surface area contributed by atoms with E-state index in [4.69, 9.17) is 4.74 Å². The maximum atomic E-state index is 12.6. The highest BCUT2D eigenvalue weighted by Crippen LogP contribution is 2.17. The highest BCUT2D eigenvalue weighted by Gasteiger charge is 2.31. The predicted molar refractivity (Wildman–Crippen MR) is 79.9 cm³/mol. The SMILES string of the molecule is COC1CCN(C(C)C(=O)N2CCN(C(C)=O)CC2)CC1. The molecule has 0 aromatic carbocycles. The third kappa shape index (κ3) is 3.95. The average Bonchev–Trinajstić information content (AvgIpc) is 2.53. The molecule has 6 heteroatoms. The van der Waals surface area contributed by atoms with Crippen LogP contribution in [0.25, 0.3) is 0 Å². The molecule has 0 aliphatic carbocycles. The lowest BCUT2D eigenvalue weighted by Gasteiger charge is -2.39. The van der Waals surface area contributed by atoms with Gasteiger partial charge in [-0.2, -0.15) is 0 Å². The standard InChI is InChI=1S/C15H27N3O3/c1-12(16-6-4-14(21-3)5-7-16)15(20)18-10-8-17(9-11-18)13(2)19/h12,14H,4-11H2,1-3H3. The van der Waals surface area contributed by atoms with Crippen molar-refractivity contribution in [1.29, 1.82) is 0 Å². The molecule has 0 N–H and O–H groups in total. The second kappa shape index (κ2) is 7.22. The number of rotatable bonds is 3. The lowest BCUT2D eigenvalue weighted by molar-refractivity contribution is -0.142. The molecular formula is C15H27N3O3. The van der Waals surface area contributed by atoms with Crippen LogP contribution >= 0.6 is 0 Å². The van der Waals surface area contributed by atoms with Gasteiger partial charge < -0.3 is 14.5 Å². The fourth-order valence-corrected chi connectivity index (χ4v) is 3.16. The topological polar surface area (TPSA) is 53.1 Å². The van der Waals surface area contributed by atoms with Crippen LogP contribution < -0.4 is 0 Å². The minimum Gasteiger partial charge on any atom is -0.381 e. The summed E-state index contributed by atoms with van der Waals surface area (Å²) in [5.74, 6) is 0.283. The molecule has 0 saturated carbocycles. The third-order valence-electron chi connectivity index (χ3n) is 4.75. The highest BCUT2D eigenvalue weighted by atomic mass is 16.5. The lowest BCUT2D eigenvalue weighted by Crippen LogP contribution is -2.56. The van der Waals surface area contributed by atoms with Crippen LogP contribution in [0.1, 0.15) is 26.7 Å². The van der Waals surface area contributed by atoms with Crippen molar-refractivity contribution < 1.29 is 14.3 Å². The average molecular weight is 297 g/mol. The van der Waals surface area contributed by atoms with Crippen LogP contribution in [0.3, 0.4) is 0 Å². The Labute approximate surface area is 127 Å². The van der Waals surface area contributed by atoms with E-state index < -0.39 is 0 Å². The van der Waals surface area contributed by atoms with E-state index in [1.165, 1.54) is 0 Å². The number of carbonyl (C=O) groups excluding carboxylic acids is 2. The number of likely N-dealkylation sites (tertiary alicyclic amines) is 1.